The van der Waals surface area contributed by atoms with E-state index in [1.165, 1.54) is 64.9 Å². The first kappa shape index (κ1) is 68.5. The summed E-state index contributed by atoms with van der Waals surface area (Å²) >= 11 is 2.83. The lowest BCUT2D eigenvalue weighted by Crippen LogP contribution is -2.65. The molecule has 1 unspecified atom stereocenters. The van der Waals surface area contributed by atoms with Gasteiger partial charge in [0.1, 0.15) is 36.6 Å². The van der Waals surface area contributed by atoms with Gasteiger partial charge in [-0.15, -0.1) is 0 Å². The molecule has 19 atom stereocenters. The number of likely N-dealkylation sites (N-methyl/N-ethyl adjacent to an activating group) is 1. The number of carbonyl (C=O) groups is 3. The minimum absolute atomic E-state index is 0.0155. The van der Waals surface area contributed by atoms with Gasteiger partial charge < -0.3 is 87.7 Å². The minimum atomic E-state index is -2.05. The number of allylic oxidation sites excluding steroid dienone is 3. The molecule has 1 aromatic rings. The first-order chi connectivity index (χ1) is 40.2. The monoisotopic (exact) mass is 1370 g/mol. The number of methoxy groups -OCH3 is 5. The third kappa shape index (κ3) is 15.7. The summed E-state index contributed by atoms with van der Waals surface area (Å²) in [7, 11) is 11.3. The Morgan fingerprint density at radius 1 is 0.881 bits per heavy atom. The molecule has 0 radical (unpaired) electrons. The number of rotatable bonds is 22. The summed E-state index contributed by atoms with van der Waals surface area (Å²) in [6.07, 6.45) is -11.9. The number of hydrogen-bond acceptors (Lipinski definition) is 27. The number of hydroxylamine groups is 1. The quantitative estimate of drug-likeness (QED) is 0.0272. The lowest BCUT2D eigenvalue weighted by atomic mass is 9.75. The van der Waals surface area contributed by atoms with Crippen LogP contribution in [0.4, 0.5) is 4.79 Å². The largest absolute Gasteiger partial charge is 0.492 e. The average Bonchev–Trinajstić information content (AvgIpc) is 1.36. The van der Waals surface area contributed by atoms with Crippen molar-refractivity contribution in [3.8, 4) is 40.9 Å². The Balaban J connectivity index is 1.12. The highest BCUT2D eigenvalue weighted by molar-refractivity contribution is 14.1. The number of thioether (sulfide) groups is 1. The van der Waals surface area contributed by atoms with Crippen molar-refractivity contribution < 1.29 is 102 Å². The van der Waals surface area contributed by atoms with E-state index in [0.29, 0.717) is 21.4 Å². The van der Waals surface area contributed by atoms with E-state index in [1.54, 1.807) is 40.9 Å². The number of halogens is 1. The zero-order valence-corrected chi connectivity index (χ0v) is 53.6. The van der Waals surface area contributed by atoms with Gasteiger partial charge in [-0.3, -0.25) is 19.7 Å². The first-order valence-electron chi connectivity index (χ1n) is 26.9. The Kier molecular flexibility index (Phi) is 25.7. The van der Waals surface area contributed by atoms with E-state index in [0.717, 1.165) is 18.9 Å². The van der Waals surface area contributed by atoms with Gasteiger partial charge in [0.15, 0.2) is 41.8 Å². The van der Waals surface area contributed by atoms with Crippen LogP contribution in [0.5, 0.6) is 17.2 Å². The molecule has 2 aliphatic carbocycles. The van der Waals surface area contributed by atoms with Gasteiger partial charge in [-0.2, -0.15) is 5.48 Å². The molecule has 1 aromatic carbocycles. The van der Waals surface area contributed by atoms with Crippen LogP contribution in [0.1, 0.15) is 62.9 Å². The molecule has 4 saturated heterocycles. The molecule has 1 amide bonds. The van der Waals surface area contributed by atoms with Crippen molar-refractivity contribution in [3.05, 3.63) is 49.8 Å². The molecule has 8 N–H and O–H groups in total. The van der Waals surface area contributed by atoms with Gasteiger partial charge in [0.2, 0.25) is 17.2 Å². The van der Waals surface area contributed by atoms with Crippen LogP contribution in [0.3, 0.4) is 0 Å². The van der Waals surface area contributed by atoms with Gasteiger partial charge in [0, 0.05) is 44.0 Å². The Bertz CT molecular complexity index is 2710. The summed E-state index contributed by atoms with van der Waals surface area (Å²) < 4.78 is 72.5. The molecular weight excluding hydrogens is 1290 g/mol. The molecule has 24 nitrogen and oxygen atoms in total. The van der Waals surface area contributed by atoms with Gasteiger partial charge in [0.25, 0.3) is 0 Å². The van der Waals surface area contributed by atoms with Gasteiger partial charge in [-0.25, -0.2) is 4.79 Å². The van der Waals surface area contributed by atoms with Crippen LogP contribution in [0, 0.1) is 34.2 Å². The summed E-state index contributed by atoms with van der Waals surface area (Å²) in [4.78, 5) is 47.5. The third-order valence-electron chi connectivity index (χ3n) is 14.8. The average molecular weight is 1370 g/mol. The molecule has 466 valence electrons. The summed E-state index contributed by atoms with van der Waals surface area (Å²) in [5.74, 6) is 11.3. The number of nitrogens with one attached hydrogen (secondary N) is 3. The highest BCUT2D eigenvalue weighted by Crippen LogP contribution is 2.49. The van der Waals surface area contributed by atoms with E-state index in [4.69, 9.17) is 61.7 Å². The van der Waals surface area contributed by atoms with Crippen LogP contribution >= 0.6 is 65.8 Å². The molecule has 6 aliphatic rings. The zero-order chi connectivity index (χ0) is 61.2. The Hall–Kier alpha value is -2.94. The Morgan fingerprint density at radius 2 is 1.61 bits per heavy atom. The van der Waals surface area contributed by atoms with E-state index in [9.17, 15) is 39.9 Å². The van der Waals surface area contributed by atoms with Crippen LogP contribution < -0.4 is 30.3 Å². The lowest BCUT2D eigenvalue weighted by Gasteiger charge is -2.46. The maximum absolute atomic E-state index is 14.4. The number of amides is 1. The van der Waals surface area contributed by atoms with Crippen molar-refractivity contribution in [3.63, 3.8) is 0 Å². The summed E-state index contributed by atoms with van der Waals surface area (Å²) in [5, 5.41) is 62.7. The number of hydrogen-bond donors (Lipinski definition) is 8. The van der Waals surface area contributed by atoms with Crippen molar-refractivity contribution in [2.45, 2.75) is 169 Å². The Labute approximate surface area is 517 Å². The molecule has 84 heavy (non-hydrogen) atoms. The molecule has 4 aliphatic heterocycles. The van der Waals surface area contributed by atoms with Gasteiger partial charge in [-0.05, 0) is 90.6 Å². The SMILES string of the molecule is CCN[C@H]1CO[C@@H](O[C@H]2C(O[C@H]3C#C/C=C\C#C[C@@]4(O)CC(=O)C(NC(=O)OC)=C3/C4=C\CSSSC)O[C@H](C)[C@@H](NO[C@H]3C[C@H](O)[C@H](SC(=O)c4c(C)c(I)c(O[C@@H]5O[C@@H](C)[C@H](O)[C@@H](OC)[C@H]5O)c(OC)c4OC)[C@@H](C)O3)[C@@H]2O)C[C@@H]1OC. The van der Waals surface area contributed by atoms with Gasteiger partial charge in [-0.1, -0.05) is 70.0 Å². The number of aliphatic hydroxyl groups excluding tert-OH is 4. The topological polar surface area (TPSA) is 308 Å². The molecule has 4 fully saturated rings. The third-order valence-corrected chi connectivity index (χ3v) is 21.2. The van der Waals surface area contributed by atoms with E-state index < -0.39 is 127 Å². The van der Waals surface area contributed by atoms with Gasteiger partial charge in [0.05, 0.1) is 97.0 Å². The number of benzene rings is 1. The molecule has 0 spiro atoms. The molecule has 7 rings (SSSR count). The van der Waals surface area contributed by atoms with Crippen LogP contribution in [0.25, 0.3) is 0 Å². The fraction of sp³-hybridized carbons (Fsp3) is 0.655. The second kappa shape index (κ2) is 31.5. The van der Waals surface area contributed by atoms with Crippen molar-refractivity contribution in [2.75, 3.05) is 60.7 Å². The molecule has 2 bridgehead atoms. The smallest absolute Gasteiger partial charge is 0.411 e. The number of Topliss-reactive ketones (excluding diaryl/α,β-unsaturated/α-hetero) is 1. The maximum Gasteiger partial charge on any atom is 0.411 e. The summed E-state index contributed by atoms with van der Waals surface area (Å²) in [6.45, 7) is 9.41. The highest BCUT2D eigenvalue weighted by Gasteiger charge is 2.52. The van der Waals surface area contributed by atoms with E-state index in [-0.39, 0.29) is 71.2 Å². The number of aliphatic hydroxyl groups is 5. The normalized spacial score (nSPS) is 35.9. The van der Waals surface area contributed by atoms with Crippen LogP contribution in [-0.2, 0) is 52.3 Å². The van der Waals surface area contributed by atoms with E-state index in [1.807, 2.05) is 35.8 Å². The van der Waals surface area contributed by atoms with Gasteiger partial charge >= 0.3 is 6.09 Å². The molecule has 29 heteroatoms. The molecule has 0 saturated carbocycles. The summed E-state index contributed by atoms with van der Waals surface area (Å²) in [6, 6.07) is -1.27. The second-order valence-electron chi connectivity index (χ2n) is 20.1. The van der Waals surface area contributed by atoms with Crippen molar-refractivity contribution in [2.24, 2.45) is 0 Å². The van der Waals surface area contributed by atoms with E-state index >= 15 is 0 Å². The number of fused-ring (bicyclic) bond motifs is 2. The number of alkyl carbamates (subject to hydrolysis) is 1. The number of ketones is 1. The molecular formula is C55H74IN3O21S4. The highest BCUT2D eigenvalue weighted by atomic mass is 127. The lowest BCUT2D eigenvalue weighted by molar-refractivity contribution is -0.336. The number of carbonyl (C=O) groups excluding carboxylic acids is 3. The Morgan fingerprint density at radius 3 is 2.27 bits per heavy atom. The summed E-state index contributed by atoms with van der Waals surface area (Å²) in [5.41, 5.74) is 1.30. The van der Waals surface area contributed by atoms with Crippen LogP contribution in [0.15, 0.2) is 35.1 Å². The van der Waals surface area contributed by atoms with E-state index in [2.05, 4.69) is 39.8 Å². The van der Waals surface area contributed by atoms with Crippen LogP contribution in [0.2, 0.25) is 0 Å². The standard InChI is InChI=1S/C55H74IN3O21S4/c1-12-57-30-24-73-35(22-34(30)68-6)78-48-43(63)40(26(3)75-53(48)77-33-17-15-13-14-16-19-55(67)23-32(61)41(58-54(66)72-10)38(33)29(55)18-20-82-84-81-11)59-80-36-21-31(60)50(28(5)74-36)83-51(65)37-25(2)39(56)46(49(71-9)45(37)69-7)79-52-44(64)47(70-8)42(62)27(4)76-52/h13-14,18,26-28,30-31,33-36,40,42-44,47-48,50,52-53,57,59-60,62-64,67H,12,20-24H2,1-11H3,(H,58,66)/b14-13-,29-18+/t26-,27+,28-,30+,31+,33+,34+,35+,36+,40-,42+,43+,44-,47-,48-,50-,52+,53?,55-/m1/s1. The predicted molar refractivity (Wildman–Crippen MR) is 320 cm³/mol. The fourth-order valence-electron chi connectivity index (χ4n) is 10.5. The van der Waals surface area contributed by atoms with Crippen LogP contribution in [-0.4, -0.2) is 218 Å². The fourth-order valence-corrected chi connectivity index (χ4v) is 14.7. The van der Waals surface area contributed by atoms with Crippen molar-refractivity contribution >= 4 is 82.8 Å². The molecule has 4 heterocycles. The number of ether oxygens (including phenoxy) is 12. The zero-order valence-electron chi connectivity index (χ0n) is 48.1. The first-order valence-corrected chi connectivity index (χ1v) is 32.9. The van der Waals surface area contributed by atoms with Crippen molar-refractivity contribution in [1.82, 2.24) is 16.1 Å². The minimum Gasteiger partial charge on any atom is -0.492 e. The second-order valence-corrected chi connectivity index (χ2v) is 26.7. The maximum atomic E-state index is 14.4. The van der Waals surface area contributed by atoms with Crippen molar-refractivity contribution in [1.29, 1.82) is 0 Å². The predicted octanol–water partition coefficient (Wildman–Crippen LogP) is 3.20. The molecule has 0 aromatic heterocycles.